The minimum absolute atomic E-state index is 0.271. The highest BCUT2D eigenvalue weighted by Gasteiger charge is 2.13. The first-order valence-electron chi connectivity index (χ1n) is 7.82. The molecule has 0 amide bonds. The highest BCUT2D eigenvalue weighted by Crippen LogP contribution is 2.19. The number of halogens is 1. The lowest BCUT2D eigenvalue weighted by atomic mass is 10.2. The van der Waals surface area contributed by atoms with Gasteiger partial charge < -0.3 is 0 Å². The molecule has 0 aliphatic carbocycles. The number of allylic oxidation sites excluding steroid dienone is 1. The summed E-state index contributed by atoms with van der Waals surface area (Å²) in [6.07, 6.45) is 1.78. The summed E-state index contributed by atoms with van der Waals surface area (Å²) in [4.78, 5) is 2.15. The average Bonchev–Trinajstić information content (AvgIpc) is 3.19. The molecule has 0 fully saturated rings. The molecule has 0 aliphatic heterocycles. The molecular weight excluding hydrogens is 355 g/mol. The Kier molecular flexibility index (Phi) is 5.57. The summed E-state index contributed by atoms with van der Waals surface area (Å²) in [5.74, 6) is 0.446. The van der Waals surface area contributed by atoms with Crippen molar-refractivity contribution in [2.75, 3.05) is 7.05 Å². The van der Waals surface area contributed by atoms with Gasteiger partial charge in [0.05, 0.1) is 6.67 Å². The molecule has 0 saturated heterocycles. The molecule has 0 bridgehead atoms. The monoisotopic (exact) mass is 374 g/mol. The van der Waals surface area contributed by atoms with Crippen LogP contribution in [0.1, 0.15) is 5.56 Å². The summed E-state index contributed by atoms with van der Waals surface area (Å²) in [5.41, 5.74) is 2.09. The molecule has 0 saturated carbocycles. The summed E-state index contributed by atoms with van der Waals surface area (Å²) in [7, 11) is 2.03. The number of hydrogen-bond acceptors (Lipinski definition) is 4. The van der Waals surface area contributed by atoms with E-state index in [0.717, 1.165) is 12.1 Å². The van der Waals surface area contributed by atoms with Crippen molar-refractivity contribution in [3.63, 3.8) is 0 Å². The van der Waals surface area contributed by atoms with Crippen molar-refractivity contribution >= 4 is 23.6 Å². The lowest BCUT2D eigenvalue weighted by Gasteiger charge is -2.15. The van der Waals surface area contributed by atoms with E-state index in [2.05, 4.69) is 33.4 Å². The van der Waals surface area contributed by atoms with Gasteiger partial charge in [-0.25, -0.2) is 9.07 Å². The Morgan fingerprint density at radius 3 is 2.72 bits per heavy atom. The molecule has 0 atom stereocenters. The van der Waals surface area contributed by atoms with Gasteiger partial charge in [0.25, 0.3) is 0 Å². The van der Waals surface area contributed by atoms with Crippen molar-refractivity contribution in [1.82, 2.24) is 19.2 Å². The fourth-order valence-electron chi connectivity index (χ4n) is 2.61. The number of benzene rings is 1. The van der Waals surface area contributed by atoms with Gasteiger partial charge in [-0.3, -0.25) is 9.47 Å². The number of aromatic nitrogens is 3. The molecule has 7 heteroatoms. The second-order valence-corrected chi connectivity index (χ2v) is 6.94. The molecule has 3 rings (SSSR count). The quantitative estimate of drug-likeness (QED) is 0.448. The van der Waals surface area contributed by atoms with Crippen LogP contribution < -0.4 is 0 Å². The van der Waals surface area contributed by atoms with Crippen molar-refractivity contribution in [1.29, 1.82) is 0 Å². The van der Waals surface area contributed by atoms with E-state index in [9.17, 15) is 4.39 Å². The van der Waals surface area contributed by atoms with E-state index in [4.69, 9.17) is 12.2 Å². The van der Waals surface area contributed by atoms with Gasteiger partial charge in [0.15, 0.2) is 10.6 Å². The fourth-order valence-corrected chi connectivity index (χ4v) is 3.53. The van der Waals surface area contributed by atoms with Crippen LogP contribution in [-0.4, -0.2) is 26.3 Å². The fraction of sp³-hybridized carbons (Fsp3) is 0.222. The Hall–Kier alpha value is -2.09. The highest BCUT2D eigenvalue weighted by molar-refractivity contribution is 7.71. The van der Waals surface area contributed by atoms with Crippen LogP contribution in [0.25, 0.3) is 11.4 Å². The lowest BCUT2D eigenvalue weighted by Crippen LogP contribution is -2.22. The van der Waals surface area contributed by atoms with Crippen molar-refractivity contribution in [3.05, 3.63) is 69.9 Å². The summed E-state index contributed by atoms with van der Waals surface area (Å²) >= 11 is 7.27. The maximum Gasteiger partial charge on any atom is 0.199 e. The van der Waals surface area contributed by atoms with Gasteiger partial charge in [0, 0.05) is 18.7 Å². The first kappa shape index (κ1) is 17.7. The Labute approximate surface area is 155 Å². The minimum Gasteiger partial charge on any atom is -0.296 e. The highest BCUT2D eigenvalue weighted by atomic mass is 32.1. The SMILES string of the molecule is C=CCn1c(-c2ccc(F)cc2)nn(CN(C)Cc2ccsc2)c1=S. The normalized spacial score (nSPS) is 11.2. The van der Waals surface area contributed by atoms with Crippen LogP contribution in [0, 0.1) is 10.6 Å². The topological polar surface area (TPSA) is 26.0 Å². The number of thiophene rings is 1. The van der Waals surface area contributed by atoms with Gasteiger partial charge in [0.2, 0.25) is 0 Å². The van der Waals surface area contributed by atoms with Crippen molar-refractivity contribution in [2.24, 2.45) is 0 Å². The Morgan fingerprint density at radius 1 is 1.32 bits per heavy atom. The Bertz CT molecular complexity index is 894. The molecule has 1 aromatic carbocycles. The van der Waals surface area contributed by atoms with Crippen LogP contribution in [0.4, 0.5) is 4.39 Å². The summed E-state index contributed by atoms with van der Waals surface area (Å²) in [6.45, 7) is 5.75. The third-order valence-electron chi connectivity index (χ3n) is 3.74. The Morgan fingerprint density at radius 2 is 2.08 bits per heavy atom. The summed E-state index contributed by atoms with van der Waals surface area (Å²) < 4.78 is 17.5. The molecule has 3 aromatic rings. The minimum atomic E-state index is -0.271. The molecule has 0 N–H and O–H groups in total. The van der Waals surface area contributed by atoms with Crippen LogP contribution in [0.5, 0.6) is 0 Å². The van der Waals surface area contributed by atoms with Crippen LogP contribution >= 0.6 is 23.6 Å². The standard InChI is InChI=1S/C18H19FN4S2/c1-3-9-22-17(15-4-6-16(19)7-5-15)20-23(18(22)24)13-21(2)11-14-8-10-25-12-14/h3-8,10,12H,1,9,11,13H2,2H3. The smallest absolute Gasteiger partial charge is 0.199 e. The maximum absolute atomic E-state index is 13.2. The summed E-state index contributed by atoms with van der Waals surface area (Å²) in [6, 6.07) is 8.40. The second kappa shape index (κ2) is 7.86. The predicted molar refractivity (Wildman–Crippen MR) is 102 cm³/mol. The van der Waals surface area contributed by atoms with Gasteiger partial charge in [0.1, 0.15) is 5.82 Å². The average molecular weight is 375 g/mol. The number of nitrogens with zero attached hydrogens (tertiary/aromatic N) is 4. The molecule has 0 spiro atoms. The molecule has 4 nitrogen and oxygen atoms in total. The molecule has 0 aliphatic rings. The zero-order chi connectivity index (χ0) is 17.8. The molecule has 2 aromatic heterocycles. The first-order valence-corrected chi connectivity index (χ1v) is 9.17. The molecular formula is C18H19FN4S2. The van der Waals surface area contributed by atoms with Gasteiger partial charge in [-0.1, -0.05) is 6.08 Å². The van der Waals surface area contributed by atoms with E-state index >= 15 is 0 Å². The molecule has 0 radical (unpaired) electrons. The van der Waals surface area contributed by atoms with Gasteiger partial charge in [-0.15, -0.1) is 6.58 Å². The van der Waals surface area contributed by atoms with Crippen LogP contribution in [0.2, 0.25) is 0 Å². The predicted octanol–water partition coefficient (Wildman–Crippen LogP) is 4.56. The third kappa shape index (κ3) is 4.12. The largest absolute Gasteiger partial charge is 0.296 e. The first-order chi connectivity index (χ1) is 12.1. The van der Waals surface area contributed by atoms with E-state index in [-0.39, 0.29) is 5.82 Å². The van der Waals surface area contributed by atoms with Gasteiger partial charge in [-0.05, 0) is 65.9 Å². The second-order valence-electron chi connectivity index (χ2n) is 5.80. The van der Waals surface area contributed by atoms with E-state index in [0.29, 0.717) is 23.8 Å². The van der Waals surface area contributed by atoms with E-state index in [1.54, 1.807) is 34.2 Å². The maximum atomic E-state index is 13.2. The molecule has 25 heavy (non-hydrogen) atoms. The lowest BCUT2D eigenvalue weighted by molar-refractivity contribution is 0.244. The van der Waals surface area contributed by atoms with Crippen molar-refractivity contribution in [3.8, 4) is 11.4 Å². The van der Waals surface area contributed by atoms with Crippen LogP contribution in [0.15, 0.2) is 53.7 Å². The van der Waals surface area contributed by atoms with Crippen LogP contribution in [-0.2, 0) is 19.8 Å². The van der Waals surface area contributed by atoms with E-state index in [1.807, 2.05) is 11.6 Å². The zero-order valence-electron chi connectivity index (χ0n) is 13.9. The van der Waals surface area contributed by atoms with Crippen molar-refractivity contribution < 1.29 is 4.39 Å². The molecule has 130 valence electrons. The third-order valence-corrected chi connectivity index (χ3v) is 4.91. The van der Waals surface area contributed by atoms with Crippen molar-refractivity contribution in [2.45, 2.75) is 19.8 Å². The zero-order valence-corrected chi connectivity index (χ0v) is 15.6. The molecule has 2 heterocycles. The van der Waals surface area contributed by atoms with Gasteiger partial charge >= 0.3 is 0 Å². The van der Waals surface area contributed by atoms with E-state index in [1.165, 1.54) is 17.7 Å². The van der Waals surface area contributed by atoms with E-state index < -0.39 is 0 Å². The Balaban J connectivity index is 1.89. The molecule has 0 unspecified atom stereocenters. The number of hydrogen-bond donors (Lipinski definition) is 0. The van der Waals surface area contributed by atoms with Gasteiger partial charge in [-0.2, -0.15) is 16.4 Å². The number of rotatable bonds is 7. The van der Waals surface area contributed by atoms with Crippen LogP contribution in [0.3, 0.4) is 0 Å². The summed E-state index contributed by atoms with van der Waals surface area (Å²) in [5, 5.41) is 8.87.